The number of unbranched alkanes of at least 4 members (excludes halogenated alkanes) is 1. The van der Waals surface area contributed by atoms with Crippen molar-refractivity contribution in [3.05, 3.63) is 44.7 Å². The second-order valence-electron chi connectivity index (χ2n) is 8.23. The van der Waals surface area contributed by atoms with E-state index in [9.17, 15) is 9.59 Å². The van der Waals surface area contributed by atoms with E-state index < -0.39 is 0 Å². The fourth-order valence-corrected chi connectivity index (χ4v) is 5.42. The number of fused-ring (bicyclic) bond motifs is 1. The number of thiocarbonyl (C=S) groups is 1. The van der Waals surface area contributed by atoms with E-state index in [-0.39, 0.29) is 11.5 Å². The van der Waals surface area contributed by atoms with Gasteiger partial charge in [0.1, 0.15) is 15.8 Å². The lowest BCUT2D eigenvalue weighted by Gasteiger charge is -2.24. The number of pyridine rings is 1. The van der Waals surface area contributed by atoms with Crippen LogP contribution in [-0.4, -0.2) is 37.1 Å². The van der Waals surface area contributed by atoms with Gasteiger partial charge in [0.2, 0.25) is 0 Å². The summed E-state index contributed by atoms with van der Waals surface area (Å²) in [5.74, 6) is 0.436. The molecule has 6 nitrogen and oxygen atoms in total. The van der Waals surface area contributed by atoms with Crippen LogP contribution < -0.4 is 10.9 Å². The summed E-state index contributed by atoms with van der Waals surface area (Å²) in [4.78, 5) is 33.3. The largest absolute Gasteiger partial charge is 0.367 e. The third-order valence-electron chi connectivity index (χ3n) is 5.91. The molecule has 31 heavy (non-hydrogen) atoms. The van der Waals surface area contributed by atoms with Crippen LogP contribution in [0, 0.1) is 6.92 Å². The first-order chi connectivity index (χ1) is 15.0. The van der Waals surface area contributed by atoms with Gasteiger partial charge in [0.25, 0.3) is 11.5 Å². The predicted octanol–water partition coefficient (Wildman–Crippen LogP) is 4.75. The van der Waals surface area contributed by atoms with Gasteiger partial charge in [-0.1, -0.05) is 62.7 Å². The van der Waals surface area contributed by atoms with Crippen molar-refractivity contribution in [3.8, 4) is 0 Å². The van der Waals surface area contributed by atoms with Crippen molar-refractivity contribution in [2.24, 2.45) is 0 Å². The molecule has 8 heteroatoms. The molecule has 2 aliphatic rings. The van der Waals surface area contributed by atoms with E-state index in [4.69, 9.17) is 17.2 Å². The van der Waals surface area contributed by atoms with Crippen LogP contribution in [0.2, 0.25) is 0 Å². The molecule has 164 valence electrons. The summed E-state index contributed by atoms with van der Waals surface area (Å²) in [5, 5.41) is 3.52. The van der Waals surface area contributed by atoms with Crippen LogP contribution in [0.1, 0.15) is 63.0 Å². The van der Waals surface area contributed by atoms with E-state index in [2.05, 4.69) is 12.2 Å². The van der Waals surface area contributed by atoms with Crippen LogP contribution in [0.5, 0.6) is 0 Å². The zero-order valence-electron chi connectivity index (χ0n) is 18.0. The SMILES string of the molecule is CCCCN1C(=O)/C(=C\c2c(NC3CCCCC3)nc3c(C)cccn3c2=O)SC1=S. The van der Waals surface area contributed by atoms with Gasteiger partial charge in [-0.15, -0.1) is 0 Å². The van der Waals surface area contributed by atoms with Gasteiger partial charge < -0.3 is 5.32 Å². The molecule has 0 bridgehead atoms. The van der Waals surface area contributed by atoms with Crippen LogP contribution in [0.3, 0.4) is 0 Å². The van der Waals surface area contributed by atoms with Gasteiger partial charge in [-0.25, -0.2) is 4.98 Å². The number of nitrogens with zero attached hydrogens (tertiary/aromatic N) is 3. The third kappa shape index (κ3) is 4.55. The molecule has 0 aromatic carbocycles. The number of rotatable bonds is 6. The maximum Gasteiger partial charge on any atom is 0.267 e. The fourth-order valence-electron chi connectivity index (χ4n) is 4.13. The molecule has 0 unspecified atom stereocenters. The highest BCUT2D eigenvalue weighted by molar-refractivity contribution is 8.26. The van der Waals surface area contributed by atoms with E-state index in [0.29, 0.717) is 38.8 Å². The van der Waals surface area contributed by atoms with Crippen LogP contribution >= 0.6 is 24.0 Å². The minimum Gasteiger partial charge on any atom is -0.367 e. The minimum atomic E-state index is -0.175. The molecule has 1 N–H and O–H groups in total. The number of nitrogens with one attached hydrogen (secondary N) is 1. The number of aryl methyl sites for hydroxylation is 1. The fraction of sp³-hybridized carbons (Fsp3) is 0.478. The molecule has 1 aliphatic heterocycles. The number of aromatic nitrogens is 2. The summed E-state index contributed by atoms with van der Waals surface area (Å²) >= 11 is 6.69. The molecule has 1 saturated carbocycles. The molecule has 0 radical (unpaired) electrons. The highest BCUT2D eigenvalue weighted by atomic mass is 32.2. The van der Waals surface area contributed by atoms with Crippen LogP contribution in [0.25, 0.3) is 11.7 Å². The minimum absolute atomic E-state index is 0.124. The Morgan fingerprint density at radius 2 is 2.06 bits per heavy atom. The molecule has 2 aromatic rings. The summed E-state index contributed by atoms with van der Waals surface area (Å²) in [5.41, 5.74) is 1.82. The molecule has 1 aliphatic carbocycles. The van der Waals surface area contributed by atoms with Crippen molar-refractivity contribution in [2.45, 2.75) is 64.8 Å². The average molecular weight is 457 g/mol. The maximum absolute atomic E-state index is 13.4. The Bertz CT molecular complexity index is 1100. The highest BCUT2D eigenvalue weighted by Crippen LogP contribution is 2.33. The molecule has 1 amide bonds. The summed E-state index contributed by atoms with van der Waals surface area (Å²) in [7, 11) is 0. The first-order valence-corrected chi connectivity index (χ1v) is 12.3. The van der Waals surface area contributed by atoms with Crippen molar-refractivity contribution in [1.82, 2.24) is 14.3 Å². The zero-order valence-corrected chi connectivity index (χ0v) is 19.7. The van der Waals surface area contributed by atoms with Gasteiger partial charge in [0.15, 0.2) is 0 Å². The van der Waals surface area contributed by atoms with E-state index in [0.717, 1.165) is 31.2 Å². The summed E-state index contributed by atoms with van der Waals surface area (Å²) in [6.45, 7) is 4.64. The van der Waals surface area contributed by atoms with Gasteiger partial charge in [0, 0.05) is 18.8 Å². The van der Waals surface area contributed by atoms with Gasteiger partial charge >= 0.3 is 0 Å². The maximum atomic E-state index is 13.4. The van der Waals surface area contributed by atoms with Crippen molar-refractivity contribution < 1.29 is 4.79 Å². The van der Waals surface area contributed by atoms with E-state index in [1.165, 1.54) is 31.0 Å². The Morgan fingerprint density at radius 1 is 1.29 bits per heavy atom. The number of thioether (sulfide) groups is 1. The Hall–Kier alpha value is -2.19. The summed E-state index contributed by atoms with van der Waals surface area (Å²) in [6, 6.07) is 4.08. The lowest BCUT2D eigenvalue weighted by molar-refractivity contribution is -0.122. The molecule has 4 rings (SSSR count). The number of anilines is 1. The van der Waals surface area contributed by atoms with Crippen molar-refractivity contribution >= 4 is 51.7 Å². The van der Waals surface area contributed by atoms with Gasteiger partial charge in [-0.05, 0) is 43.9 Å². The second kappa shape index (κ2) is 9.53. The first-order valence-electron chi connectivity index (χ1n) is 11.0. The number of hydrogen-bond acceptors (Lipinski definition) is 6. The van der Waals surface area contributed by atoms with Gasteiger partial charge in [0.05, 0.1) is 10.5 Å². The molecule has 0 atom stereocenters. The number of carbonyl (C=O) groups excluding carboxylic acids is 1. The average Bonchev–Trinajstić information content (AvgIpc) is 3.03. The standard InChI is InChI=1S/C23H28N4O2S2/c1-3-4-12-27-22(29)18(31-23(27)30)14-17-19(24-16-10-6-5-7-11-16)25-20-15(2)9-8-13-26(20)21(17)28/h8-9,13-14,16,24H,3-7,10-12H2,1-2H3/b18-14+. The molecule has 3 heterocycles. The summed E-state index contributed by atoms with van der Waals surface area (Å²) in [6.07, 6.45) is 11.0. The van der Waals surface area contributed by atoms with Crippen LogP contribution in [-0.2, 0) is 4.79 Å². The lowest BCUT2D eigenvalue weighted by atomic mass is 9.95. The van der Waals surface area contributed by atoms with E-state index in [1.54, 1.807) is 21.6 Å². The Kier molecular flexibility index (Phi) is 6.77. The van der Waals surface area contributed by atoms with Crippen molar-refractivity contribution in [2.75, 3.05) is 11.9 Å². The van der Waals surface area contributed by atoms with E-state index >= 15 is 0 Å². The molecule has 2 aromatic heterocycles. The van der Waals surface area contributed by atoms with Crippen LogP contribution in [0.15, 0.2) is 28.0 Å². The summed E-state index contributed by atoms with van der Waals surface area (Å²) < 4.78 is 2.11. The number of amides is 1. The molecule has 2 fully saturated rings. The Labute approximate surface area is 192 Å². The van der Waals surface area contributed by atoms with Crippen LogP contribution in [0.4, 0.5) is 5.82 Å². The normalized spacial score (nSPS) is 19.0. The third-order valence-corrected chi connectivity index (χ3v) is 7.29. The highest BCUT2D eigenvalue weighted by Gasteiger charge is 2.32. The molecular weight excluding hydrogens is 428 g/mol. The topological polar surface area (TPSA) is 66.7 Å². The van der Waals surface area contributed by atoms with E-state index in [1.807, 2.05) is 19.1 Å². The number of hydrogen-bond donors (Lipinski definition) is 1. The smallest absolute Gasteiger partial charge is 0.267 e. The number of carbonyl (C=O) groups is 1. The quantitative estimate of drug-likeness (QED) is 0.500. The van der Waals surface area contributed by atoms with Gasteiger partial charge in [-0.3, -0.25) is 18.9 Å². The Morgan fingerprint density at radius 3 is 2.81 bits per heavy atom. The van der Waals surface area contributed by atoms with Crippen molar-refractivity contribution in [1.29, 1.82) is 0 Å². The zero-order chi connectivity index (χ0) is 22.0. The lowest BCUT2D eigenvalue weighted by Crippen LogP contribution is -2.29. The predicted molar refractivity (Wildman–Crippen MR) is 131 cm³/mol. The molecule has 1 saturated heterocycles. The molecule has 0 spiro atoms. The first kappa shape index (κ1) is 22.0. The monoisotopic (exact) mass is 456 g/mol. The second-order valence-corrected chi connectivity index (χ2v) is 9.91. The molecular formula is C23H28N4O2S2. The Balaban J connectivity index is 1.78. The van der Waals surface area contributed by atoms with Gasteiger partial charge in [-0.2, -0.15) is 0 Å². The van der Waals surface area contributed by atoms with Crippen molar-refractivity contribution in [3.63, 3.8) is 0 Å².